The van der Waals surface area contributed by atoms with Crippen molar-refractivity contribution in [2.24, 2.45) is 0 Å². The summed E-state index contributed by atoms with van der Waals surface area (Å²) in [6.45, 7) is 8.25. The van der Waals surface area contributed by atoms with Crippen molar-refractivity contribution >= 4 is 0 Å². The molecule has 0 aliphatic heterocycles. The molecule has 1 nitrogen and oxygen atoms in total. The number of rotatable bonds is 0. The second kappa shape index (κ2) is 64.4. The zero-order chi connectivity index (χ0) is 7.41. The summed E-state index contributed by atoms with van der Waals surface area (Å²) >= 11 is 0. The van der Waals surface area contributed by atoms with E-state index in [0.29, 0.717) is 0 Å². The Balaban J connectivity index is -0.0000000483. The van der Waals surface area contributed by atoms with E-state index in [2.05, 4.69) is 19.2 Å². The number of nitrogens with one attached hydrogen (secondary N) is 1. The summed E-state index contributed by atoms with van der Waals surface area (Å²) in [7, 11) is 3.75. The molecule has 0 aromatic carbocycles. The lowest BCUT2D eigenvalue weighted by Gasteiger charge is -1.59. The van der Waals surface area contributed by atoms with Gasteiger partial charge < -0.3 is 5.32 Å². The van der Waals surface area contributed by atoms with Crippen LogP contribution in [-0.4, -0.2) is 14.1 Å². The van der Waals surface area contributed by atoms with Crippen molar-refractivity contribution in [1.82, 2.24) is 5.32 Å². The molecule has 0 unspecified atom stereocenters. The molecule has 0 radical (unpaired) electrons. The smallest absolute Gasteiger partial charge is 0.0167 e. The molecule has 0 aromatic heterocycles. The summed E-state index contributed by atoms with van der Waals surface area (Å²) in [5, 5.41) is 2.75. The molecule has 0 aromatic rings. The molecule has 0 rings (SSSR count). The van der Waals surface area contributed by atoms with E-state index < -0.39 is 0 Å². The maximum atomic E-state index is 2.75. The Morgan fingerprint density at radius 2 is 1.00 bits per heavy atom. The van der Waals surface area contributed by atoms with Crippen LogP contribution in [0.15, 0.2) is 0 Å². The van der Waals surface area contributed by atoms with Crippen molar-refractivity contribution in [3.05, 3.63) is 0 Å². The molecule has 54 valence electrons. The second-order valence-electron chi connectivity index (χ2n) is 1.21. The van der Waals surface area contributed by atoms with Crippen LogP contribution < -0.4 is 5.32 Å². The van der Waals surface area contributed by atoms with Crippen LogP contribution in [0.2, 0.25) is 0 Å². The zero-order valence-electron chi connectivity index (χ0n) is 7.21. The van der Waals surface area contributed by atoms with Crippen LogP contribution in [-0.2, 0) is 0 Å². The molecule has 0 atom stereocenters. The lowest BCUT2D eigenvalue weighted by Crippen LogP contribution is -1.89. The summed E-state index contributed by atoms with van der Waals surface area (Å²) in [5.74, 6) is 0. The third kappa shape index (κ3) is 91600. The average molecular weight is 119 g/mol. The van der Waals surface area contributed by atoms with Gasteiger partial charge in [-0.3, -0.25) is 0 Å². The van der Waals surface area contributed by atoms with Crippen LogP contribution in [0, 0.1) is 0 Å². The molecule has 0 spiro atoms. The maximum Gasteiger partial charge on any atom is -0.0167 e. The molecular formula is C7H21N. The Bertz CT molecular complexity index is 6.35. The minimum absolute atomic E-state index is 1.25. The summed E-state index contributed by atoms with van der Waals surface area (Å²) in [6, 6.07) is 0. The van der Waals surface area contributed by atoms with Gasteiger partial charge in [0, 0.05) is 0 Å². The molecule has 1 heteroatoms. The highest BCUT2D eigenvalue weighted by atomic mass is 14.7. The molecule has 0 amide bonds. The average Bonchev–Trinajstić information content (AvgIpc) is 1.75. The largest absolute Gasteiger partial charge is 0.323 e. The first-order chi connectivity index (χ1) is 3.83. The summed E-state index contributed by atoms with van der Waals surface area (Å²) in [5.41, 5.74) is 0. The van der Waals surface area contributed by atoms with Crippen LogP contribution in [0.5, 0.6) is 0 Å². The quantitative estimate of drug-likeness (QED) is 0.516. The highest BCUT2D eigenvalue weighted by Gasteiger charge is 1.35. The fraction of sp³-hybridized carbons (Fsp3) is 1.00. The SMILES string of the molecule is CC.CCC.CNC. The minimum Gasteiger partial charge on any atom is -0.323 e. The van der Waals surface area contributed by atoms with Gasteiger partial charge >= 0.3 is 0 Å². The van der Waals surface area contributed by atoms with E-state index in [1.807, 2.05) is 27.9 Å². The molecule has 8 heavy (non-hydrogen) atoms. The lowest BCUT2D eigenvalue weighted by molar-refractivity contribution is 1.02. The lowest BCUT2D eigenvalue weighted by atomic mass is 10.6. The fourth-order valence-electron chi connectivity index (χ4n) is 0. The van der Waals surface area contributed by atoms with Gasteiger partial charge in [-0.05, 0) is 14.1 Å². The van der Waals surface area contributed by atoms with Gasteiger partial charge in [-0.15, -0.1) is 0 Å². The van der Waals surface area contributed by atoms with Crippen molar-refractivity contribution < 1.29 is 0 Å². The number of hydrogen-bond acceptors (Lipinski definition) is 1. The van der Waals surface area contributed by atoms with Gasteiger partial charge in [0.1, 0.15) is 0 Å². The van der Waals surface area contributed by atoms with Crippen LogP contribution >= 0.6 is 0 Å². The van der Waals surface area contributed by atoms with E-state index in [4.69, 9.17) is 0 Å². The Morgan fingerprint density at radius 3 is 1.00 bits per heavy atom. The van der Waals surface area contributed by atoms with Crippen molar-refractivity contribution in [2.75, 3.05) is 14.1 Å². The second-order valence-corrected chi connectivity index (χ2v) is 1.21. The van der Waals surface area contributed by atoms with Crippen LogP contribution in [0.4, 0.5) is 0 Å². The zero-order valence-corrected chi connectivity index (χ0v) is 7.21. The first-order valence-electron chi connectivity index (χ1n) is 3.41. The first-order valence-corrected chi connectivity index (χ1v) is 3.41. The Kier molecular flexibility index (Phi) is 126. The van der Waals surface area contributed by atoms with E-state index in [-0.39, 0.29) is 0 Å². The Hall–Kier alpha value is -0.0400. The Labute approximate surface area is 54.5 Å². The highest BCUT2D eigenvalue weighted by Crippen LogP contribution is 1.56. The van der Waals surface area contributed by atoms with E-state index >= 15 is 0 Å². The molecular weight excluding hydrogens is 98.1 g/mol. The van der Waals surface area contributed by atoms with E-state index in [1.165, 1.54) is 6.42 Å². The van der Waals surface area contributed by atoms with Crippen molar-refractivity contribution in [3.8, 4) is 0 Å². The van der Waals surface area contributed by atoms with E-state index in [0.717, 1.165) is 0 Å². The van der Waals surface area contributed by atoms with Crippen molar-refractivity contribution in [2.45, 2.75) is 34.1 Å². The molecule has 0 heterocycles. The molecule has 0 saturated heterocycles. The van der Waals surface area contributed by atoms with Gasteiger partial charge in [0.25, 0.3) is 0 Å². The minimum atomic E-state index is 1.25. The standard InChI is InChI=1S/C3H8.C2H7N.C2H6/c2*1-3-2;1-2/h3H2,1-2H3;3H,1-2H3;1-2H3. The van der Waals surface area contributed by atoms with Gasteiger partial charge in [-0.25, -0.2) is 0 Å². The van der Waals surface area contributed by atoms with Crippen molar-refractivity contribution in [3.63, 3.8) is 0 Å². The van der Waals surface area contributed by atoms with Gasteiger partial charge in [0.15, 0.2) is 0 Å². The van der Waals surface area contributed by atoms with Gasteiger partial charge in [-0.1, -0.05) is 34.1 Å². The first kappa shape index (κ1) is 15.7. The van der Waals surface area contributed by atoms with E-state index in [1.54, 1.807) is 0 Å². The third-order valence-electron chi connectivity index (χ3n) is 0. The van der Waals surface area contributed by atoms with Gasteiger partial charge in [-0.2, -0.15) is 0 Å². The Morgan fingerprint density at radius 1 is 1.00 bits per heavy atom. The topological polar surface area (TPSA) is 12.0 Å². The molecule has 0 bridgehead atoms. The van der Waals surface area contributed by atoms with Crippen molar-refractivity contribution in [1.29, 1.82) is 0 Å². The normalized spacial score (nSPS) is 5.25. The molecule has 0 aliphatic carbocycles. The summed E-state index contributed by atoms with van der Waals surface area (Å²) in [4.78, 5) is 0. The van der Waals surface area contributed by atoms with Gasteiger partial charge in [0.05, 0.1) is 0 Å². The summed E-state index contributed by atoms with van der Waals surface area (Å²) in [6.07, 6.45) is 1.25. The molecule has 0 saturated carbocycles. The molecule has 1 N–H and O–H groups in total. The van der Waals surface area contributed by atoms with E-state index in [9.17, 15) is 0 Å². The fourth-order valence-corrected chi connectivity index (χ4v) is 0. The predicted octanol–water partition coefficient (Wildman–Crippen LogP) is 2.28. The van der Waals surface area contributed by atoms with Gasteiger partial charge in [0.2, 0.25) is 0 Å². The highest BCUT2D eigenvalue weighted by molar-refractivity contribution is 3.92. The molecule has 0 aliphatic rings. The monoisotopic (exact) mass is 119 g/mol. The van der Waals surface area contributed by atoms with Crippen LogP contribution in [0.3, 0.4) is 0 Å². The van der Waals surface area contributed by atoms with Crippen LogP contribution in [0.25, 0.3) is 0 Å². The molecule has 0 fully saturated rings. The number of hydrogen-bond donors (Lipinski definition) is 1. The third-order valence-corrected chi connectivity index (χ3v) is 0. The summed E-state index contributed by atoms with van der Waals surface area (Å²) < 4.78 is 0. The van der Waals surface area contributed by atoms with Crippen LogP contribution in [0.1, 0.15) is 34.1 Å². The predicted molar refractivity (Wildman–Crippen MR) is 42.3 cm³/mol. The maximum absolute atomic E-state index is 2.75.